The van der Waals surface area contributed by atoms with Crippen molar-refractivity contribution < 1.29 is 9.59 Å². The first-order valence-electron chi connectivity index (χ1n) is 7.04. The van der Waals surface area contributed by atoms with Gasteiger partial charge in [0.2, 0.25) is 11.8 Å². The van der Waals surface area contributed by atoms with Crippen molar-refractivity contribution in [2.45, 2.75) is 25.8 Å². The van der Waals surface area contributed by atoms with Crippen LogP contribution in [0.1, 0.15) is 25.3 Å². The summed E-state index contributed by atoms with van der Waals surface area (Å²) in [6.45, 7) is 3.02. The maximum atomic E-state index is 11.9. The average molecular weight is 351 g/mol. The zero-order chi connectivity index (χ0) is 15.2. The molecule has 5 heteroatoms. The van der Waals surface area contributed by atoms with Crippen LogP contribution in [-0.4, -0.2) is 35.8 Å². The lowest BCUT2D eigenvalue weighted by Gasteiger charge is -2.31. The van der Waals surface area contributed by atoms with Gasteiger partial charge in [0.15, 0.2) is 0 Å². The molecule has 0 radical (unpaired) electrons. The van der Waals surface area contributed by atoms with Crippen molar-refractivity contribution in [3.63, 3.8) is 0 Å². The Morgan fingerprint density at radius 1 is 1.33 bits per heavy atom. The van der Waals surface area contributed by atoms with Crippen LogP contribution in [0.5, 0.6) is 0 Å². The van der Waals surface area contributed by atoms with Crippen LogP contribution in [0.25, 0.3) is 6.08 Å². The molecule has 0 bridgehead atoms. The fourth-order valence-electron chi connectivity index (χ4n) is 2.37. The third-order valence-electron chi connectivity index (χ3n) is 3.56. The quantitative estimate of drug-likeness (QED) is 0.851. The number of carbonyl (C=O) groups excluding carboxylic acids is 2. The predicted molar refractivity (Wildman–Crippen MR) is 86.6 cm³/mol. The van der Waals surface area contributed by atoms with Crippen LogP contribution in [0, 0.1) is 0 Å². The standard InChI is InChI=1S/C16H19BrN2O2/c1-12(20)19-9-7-15(8-10-19)18-16(21)6-5-13-3-2-4-14(17)11-13/h2-6,11,15H,7-10H2,1H3,(H,18,21). The minimum Gasteiger partial charge on any atom is -0.350 e. The topological polar surface area (TPSA) is 49.4 Å². The van der Waals surface area contributed by atoms with Crippen LogP contribution < -0.4 is 5.32 Å². The highest BCUT2D eigenvalue weighted by Gasteiger charge is 2.21. The molecule has 1 aliphatic heterocycles. The predicted octanol–water partition coefficient (Wildman–Crippen LogP) is 2.59. The summed E-state index contributed by atoms with van der Waals surface area (Å²) < 4.78 is 0.988. The number of halogens is 1. The number of benzene rings is 1. The number of rotatable bonds is 3. The first-order chi connectivity index (χ1) is 10.0. The van der Waals surface area contributed by atoms with Gasteiger partial charge in [-0.2, -0.15) is 0 Å². The van der Waals surface area contributed by atoms with Gasteiger partial charge in [-0.3, -0.25) is 9.59 Å². The van der Waals surface area contributed by atoms with E-state index >= 15 is 0 Å². The molecule has 1 saturated heterocycles. The SMILES string of the molecule is CC(=O)N1CCC(NC(=O)C=Cc2cccc(Br)c2)CC1. The summed E-state index contributed by atoms with van der Waals surface area (Å²) in [5.74, 6) is 0.0191. The van der Waals surface area contributed by atoms with Crippen molar-refractivity contribution in [2.24, 2.45) is 0 Å². The smallest absolute Gasteiger partial charge is 0.244 e. The van der Waals surface area contributed by atoms with Crippen LogP contribution in [0.15, 0.2) is 34.8 Å². The van der Waals surface area contributed by atoms with Gasteiger partial charge in [-0.15, -0.1) is 0 Å². The van der Waals surface area contributed by atoms with Crippen LogP contribution >= 0.6 is 15.9 Å². The average Bonchev–Trinajstić information content (AvgIpc) is 2.46. The van der Waals surface area contributed by atoms with E-state index in [1.807, 2.05) is 29.2 Å². The van der Waals surface area contributed by atoms with E-state index in [1.165, 1.54) is 0 Å². The Kier molecular flexibility index (Phi) is 5.56. The van der Waals surface area contributed by atoms with E-state index in [4.69, 9.17) is 0 Å². The Bertz CT molecular complexity index is 549. The van der Waals surface area contributed by atoms with E-state index in [-0.39, 0.29) is 17.9 Å². The van der Waals surface area contributed by atoms with Crippen LogP contribution in [0.4, 0.5) is 0 Å². The Balaban J connectivity index is 1.81. The summed E-state index contributed by atoms with van der Waals surface area (Å²) in [7, 11) is 0. The van der Waals surface area contributed by atoms with E-state index in [1.54, 1.807) is 19.1 Å². The Hall–Kier alpha value is -1.62. The van der Waals surface area contributed by atoms with Gasteiger partial charge in [0.25, 0.3) is 0 Å². The third-order valence-corrected chi connectivity index (χ3v) is 4.06. The molecule has 1 aliphatic rings. The molecule has 0 aliphatic carbocycles. The van der Waals surface area contributed by atoms with E-state index in [9.17, 15) is 9.59 Å². The van der Waals surface area contributed by atoms with Crippen molar-refractivity contribution in [1.82, 2.24) is 10.2 Å². The molecule has 2 rings (SSSR count). The number of hydrogen-bond acceptors (Lipinski definition) is 2. The number of amides is 2. The van der Waals surface area contributed by atoms with Crippen molar-refractivity contribution in [1.29, 1.82) is 0 Å². The number of nitrogens with one attached hydrogen (secondary N) is 1. The summed E-state index contributed by atoms with van der Waals surface area (Å²) in [4.78, 5) is 25.0. The van der Waals surface area contributed by atoms with Crippen LogP contribution in [-0.2, 0) is 9.59 Å². The second-order valence-corrected chi connectivity index (χ2v) is 6.09. The van der Waals surface area contributed by atoms with Gasteiger partial charge in [-0.25, -0.2) is 0 Å². The van der Waals surface area contributed by atoms with Gasteiger partial charge in [-0.05, 0) is 36.6 Å². The first-order valence-corrected chi connectivity index (χ1v) is 7.83. The highest BCUT2D eigenvalue weighted by atomic mass is 79.9. The van der Waals surface area contributed by atoms with Gasteiger partial charge in [0, 0.05) is 36.6 Å². The fourth-order valence-corrected chi connectivity index (χ4v) is 2.79. The molecular weight excluding hydrogens is 332 g/mol. The molecule has 0 aromatic heterocycles. The lowest BCUT2D eigenvalue weighted by Crippen LogP contribution is -2.45. The molecule has 1 aromatic carbocycles. The molecule has 0 saturated carbocycles. The summed E-state index contributed by atoms with van der Waals surface area (Å²) in [5.41, 5.74) is 0.978. The molecular formula is C16H19BrN2O2. The van der Waals surface area contributed by atoms with Gasteiger partial charge >= 0.3 is 0 Å². The van der Waals surface area contributed by atoms with Gasteiger partial charge < -0.3 is 10.2 Å². The van der Waals surface area contributed by atoms with Crippen molar-refractivity contribution in [3.8, 4) is 0 Å². The normalized spacial score (nSPS) is 16.2. The molecule has 21 heavy (non-hydrogen) atoms. The van der Waals surface area contributed by atoms with E-state index in [0.29, 0.717) is 0 Å². The molecule has 112 valence electrons. The van der Waals surface area contributed by atoms with Gasteiger partial charge in [0.1, 0.15) is 0 Å². The maximum Gasteiger partial charge on any atom is 0.244 e. The van der Waals surface area contributed by atoms with E-state index < -0.39 is 0 Å². The fraction of sp³-hybridized carbons (Fsp3) is 0.375. The maximum absolute atomic E-state index is 11.9. The number of piperidine rings is 1. The number of likely N-dealkylation sites (tertiary alicyclic amines) is 1. The van der Waals surface area contributed by atoms with Crippen molar-refractivity contribution in [2.75, 3.05) is 13.1 Å². The summed E-state index contributed by atoms with van der Waals surface area (Å²) in [5, 5.41) is 2.99. The minimum absolute atomic E-state index is 0.0868. The van der Waals surface area contributed by atoms with Gasteiger partial charge in [-0.1, -0.05) is 28.1 Å². The molecule has 1 N–H and O–H groups in total. The summed E-state index contributed by atoms with van der Waals surface area (Å²) in [6, 6.07) is 7.93. The van der Waals surface area contributed by atoms with E-state index in [2.05, 4.69) is 21.2 Å². The number of nitrogens with zero attached hydrogens (tertiary/aromatic N) is 1. The number of carbonyl (C=O) groups is 2. The molecule has 0 spiro atoms. The molecule has 1 heterocycles. The zero-order valence-electron chi connectivity index (χ0n) is 12.0. The van der Waals surface area contributed by atoms with Crippen molar-refractivity contribution in [3.05, 3.63) is 40.4 Å². The van der Waals surface area contributed by atoms with E-state index in [0.717, 1.165) is 36.0 Å². The summed E-state index contributed by atoms with van der Waals surface area (Å²) >= 11 is 3.40. The van der Waals surface area contributed by atoms with Gasteiger partial charge in [0.05, 0.1) is 0 Å². The number of hydrogen-bond donors (Lipinski definition) is 1. The Morgan fingerprint density at radius 3 is 2.67 bits per heavy atom. The molecule has 0 atom stereocenters. The zero-order valence-corrected chi connectivity index (χ0v) is 13.6. The molecule has 0 unspecified atom stereocenters. The van der Waals surface area contributed by atoms with Crippen LogP contribution in [0.2, 0.25) is 0 Å². The second kappa shape index (κ2) is 7.41. The van der Waals surface area contributed by atoms with Crippen molar-refractivity contribution >= 4 is 33.8 Å². The first kappa shape index (κ1) is 15.8. The minimum atomic E-state index is -0.0868. The monoisotopic (exact) mass is 350 g/mol. The third kappa shape index (κ3) is 5.01. The lowest BCUT2D eigenvalue weighted by molar-refractivity contribution is -0.129. The largest absolute Gasteiger partial charge is 0.350 e. The second-order valence-electron chi connectivity index (χ2n) is 5.18. The molecule has 1 aromatic rings. The molecule has 1 fully saturated rings. The van der Waals surface area contributed by atoms with Crippen LogP contribution in [0.3, 0.4) is 0 Å². The molecule has 2 amide bonds. The highest BCUT2D eigenvalue weighted by Crippen LogP contribution is 2.13. The Morgan fingerprint density at radius 2 is 2.05 bits per heavy atom. The Labute approximate surface area is 133 Å². The molecule has 4 nitrogen and oxygen atoms in total. The highest BCUT2D eigenvalue weighted by molar-refractivity contribution is 9.10. The lowest BCUT2D eigenvalue weighted by atomic mass is 10.0. The summed E-state index contributed by atoms with van der Waals surface area (Å²) in [6.07, 6.45) is 4.98.